The van der Waals surface area contributed by atoms with E-state index in [9.17, 15) is 4.79 Å². The Hall–Kier alpha value is -2.24. The molecule has 0 radical (unpaired) electrons. The van der Waals surface area contributed by atoms with Crippen molar-refractivity contribution in [3.8, 4) is 11.4 Å². The molecule has 0 unspecified atom stereocenters. The lowest BCUT2D eigenvalue weighted by atomic mass is 10.1. The summed E-state index contributed by atoms with van der Waals surface area (Å²) in [7, 11) is 0. The lowest BCUT2D eigenvalue weighted by Crippen LogP contribution is -2.31. The maximum absolute atomic E-state index is 11.7. The molecule has 112 valence electrons. The van der Waals surface area contributed by atoms with Gasteiger partial charge >= 0.3 is 0 Å². The van der Waals surface area contributed by atoms with Crippen LogP contribution in [0.2, 0.25) is 0 Å². The number of aromatic nitrogens is 4. The molecule has 1 heterocycles. The lowest BCUT2D eigenvalue weighted by molar-refractivity contribution is -0.122. The molecule has 2 rings (SSSR count). The Morgan fingerprint density at radius 3 is 2.62 bits per heavy atom. The zero-order chi connectivity index (χ0) is 15.2. The van der Waals surface area contributed by atoms with E-state index in [1.54, 1.807) is 0 Å². The van der Waals surface area contributed by atoms with E-state index in [0.29, 0.717) is 18.3 Å². The van der Waals surface area contributed by atoms with Gasteiger partial charge in [0.15, 0.2) is 0 Å². The Bertz CT molecular complexity index is 588. The molecule has 6 heteroatoms. The van der Waals surface area contributed by atoms with E-state index in [2.05, 4.69) is 27.7 Å². The van der Waals surface area contributed by atoms with Gasteiger partial charge in [0.25, 0.3) is 0 Å². The normalized spacial score (nSPS) is 10.9. The average molecular weight is 287 g/mol. The summed E-state index contributed by atoms with van der Waals surface area (Å²) in [6.07, 6.45) is 0.996. The van der Waals surface area contributed by atoms with E-state index in [1.165, 1.54) is 10.4 Å². The molecule has 1 aromatic carbocycles. The van der Waals surface area contributed by atoms with Crippen LogP contribution in [0.25, 0.3) is 11.4 Å². The Morgan fingerprint density at radius 1 is 1.29 bits per heavy atom. The summed E-state index contributed by atoms with van der Waals surface area (Å²) >= 11 is 0. The van der Waals surface area contributed by atoms with Crippen LogP contribution < -0.4 is 5.32 Å². The first-order valence-electron chi connectivity index (χ1n) is 7.22. The Labute approximate surface area is 124 Å². The second kappa shape index (κ2) is 6.97. The molecule has 0 aliphatic heterocycles. The summed E-state index contributed by atoms with van der Waals surface area (Å²) in [5.74, 6) is 0.855. The maximum atomic E-state index is 11.7. The quantitative estimate of drug-likeness (QED) is 0.877. The number of carbonyl (C=O) groups excluding carboxylic acids is 1. The Balaban J connectivity index is 1.98. The van der Waals surface area contributed by atoms with Crippen molar-refractivity contribution in [3.63, 3.8) is 0 Å². The van der Waals surface area contributed by atoms with Gasteiger partial charge in [-0.1, -0.05) is 45.0 Å². The van der Waals surface area contributed by atoms with E-state index < -0.39 is 0 Å². The van der Waals surface area contributed by atoms with Crippen molar-refractivity contribution in [2.24, 2.45) is 5.92 Å². The van der Waals surface area contributed by atoms with Gasteiger partial charge in [0.05, 0.1) is 0 Å². The summed E-state index contributed by atoms with van der Waals surface area (Å²) in [6, 6.07) is 8.04. The van der Waals surface area contributed by atoms with Crippen molar-refractivity contribution in [2.45, 2.75) is 33.7 Å². The van der Waals surface area contributed by atoms with Crippen LogP contribution in [0.4, 0.5) is 0 Å². The fraction of sp³-hybridized carbons (Fsp3) is 0.467. The highest BCUT2D eigenvalue weighted by molar-refractivity contribution is 5.75. The predicted octanol–water partition coefficient (Wildman–Crippen LogP) is 1.67. The van der Waals surface area contributed by atoms with Gasteiger partial charge in [0.2, 0.25) is 11.7 Å². The third kappa shape index (κ3) is 4.37. The van der Waals surface area contributed by atoms with Crippen molar-refractivity contribution in [1.82, 2.24) is 25.5 Å². The number of carbonyl (C=O) groups is 1. The van der Waals surface area contributed by atoms with Crippen molar-refractivity contribution in [1.29, 1.82) is 0 Å². The van der Waals surface area contributed by atoms with Gasteiger partial charge in [-0.15, -0.1) is 10.2 Å². The maximum Gasteiger partial charge on any atom is 0.243 e. The molecule has 0 bridgehead atoms. The first kappa shape index (κ1) is 15.2. The first-order valence-corrected chi connectivity index (χ1v) is 7.22. The molecule has 0 fully saturated rings. The Kier molecular flexibility index (Phi) is 5.03. The zero-order valence-corrected chi connectivity index (χ0v) is 12.7. The van der Waals surface area contributed by atoms with Gasteiger partial charge in [-0.05, 0) is 23.1 Å². The second-order valence-electron chi connectivity index (χ2n) is 5.39. The van der Waals surface area contributed by atoms with Crippen molar-refractivity contribution in [3.05, 3.63) is 29.8 Å². The van der Waals surface area contributed by atoms with Crippen LogP contribution in [0, 0.1) is 5.92 Å². The number of nitrogens with one attached hydrogen (secondary N) is 1. The summed E-state index contributed by atoms with van der Waals surface area (Å²) in [5.41, 5.74) is 2.17. The van der Waals surface area contributed by atoms with Crippen molar-refractivity contribution >= 4 is 5.91 Å². The molecule has 0 atom stereocenters. The fourth-order valence-electron chi connectivity index (χ4n) is 1.82. The van der Waals surface area contributed by atoms with E-state index in [0.717, 1.165) is 12.0 Å². The van der Waals surface area contributed by atoms with Gasteiger partial charge < -0.3 is 5.32 Å². The van der Waals surface area contributed by atoms with E-state index in [-0.39, 0.29) is 12.5 Å². The molecule has 1 aromatic heterocycles. The van der Waals surface area contributed by atoms with Crippen LogP contribution in [0.1, 0.15) is 26.3 Å². The van der Waals surface area contributed by atoms with Gasteiger partial charge in [-0.25, -0.2) is 0 Å². The largest absolute Gasteiger partial charge is 0.354 e. The highest BCUT2D eigenvalue weighted by Gasteiger charge is 2.09. The molecule has 21 heavy (non-hydrogen) atoms. The summed E-state index contributed by atoms with van der Waals surface area (Å²) in [4.78, 5) is 13.0. The molecule has 1 amide bonds. The fourth-order valence-corrected chi connectivity index (χ4v) is 1.82. The van der Waals surface area contributed by atoms with Crippen LogP contribution in [-0.2, 0) is 17.8 Å². The van der Waals surface area contributed by atoms with E-state index >= 15 is 0 Å². The third-order valence-electron chi connectivity index (χ3n) is 3.07. The Morgan fingerprint density at radius 2 is 2.00 bits per heavy atom. The molecule has 0 aliphatic carbocycles. The molecule has 1 N–H and O–H groups in total. The number of benzene rings is 1. The molecule has 6 nitrogen and oxygen atoms in total. The highest BCUT2D eigenvalue weighted by atomic mass is 16.2. The molecular weight excluding hydrogens is 266 g/mol. The van der Waals surface area contributed by atoms with Crippen LogP contribution >= 0.6 is 0 Å². The van der Waals surface area contributed by atoms with Crippen LogP contribution in [-0.4, -0.2) is 32.7 Å². The van der Waals surface area contributed by atoms with Gasteiger partial charge in [0.1, 0.15) is 6.54 Å². The minimum atomic E-state index is -0.103. The lowest BCUT2D eigenvalue weighted by Gasteiger charge is -2.06. The summed E-state index contributed by atoms with van der Waals surface area (Å²) in [6.45, 7) is 6.95. The minimum Gasteiger partial charge on any atom is -0.354 e. The minimum absolute atomic E-state index is 0.0900. The second-order valence-corrected chi connectivity index (χ2v) is 5.39. The summed E-state index contributed by atoms with van der Waals surface area (Å²) < 4.78 is 0. The van der Waals surface area contributed by atoms with Gasteiger partial charge in [-0.2, -0.15) is 4.80 Å². The zero-order valence-electron chi connectivity index (χ0n) is 12.7. The number of amides is 1. The molecule has 0 spiro atoms. The number of nitrogens with zero attached hydrogens (tertiary/aromatic N) is 4. The first-order chi connectivity index (χ1) is 10.1. The predicted molar refractivity (Wildman–Crippen MR) is 80.5 cm³/mol. The van der Waals surface area contributed by atoms with Gasteiger partial charge in [0, 0.05) is 12.1 Å². The molecular formula is C15H21N5O. The van der Waals surface area contributed by atoms with Crippen LogP contribution in [0.3, 0.4) is 0 Å². The van der Waals surface area contributed by atoms with Crippen LogP contribution in [0.15, 0.2) is 24.3 Å². The third-order valence-corrected chi connectivity index (χ3v) is 3.07. The molecule has 0 saturated carbocycles. The molecule has 0 saturated heterocycles. The van der Waals surface area contributed by atoms with Crippen molar-refractivity contribution < 1.29 is 4.79 Å². The number of hydrogen-bond donors (Lipinski definition) is 1. The number of rotatable bonds is 6. The monoisotopic (exact) mass is 287 g/mol. The molecule has 0 aliphatic rings. The SMILES string of the molecule is CCc1ccc(-c2nnn(CC(=O)NCC(C)C)n2)cc1. The number of hydrogen-bond acceptors (Lipinski definition) is 4. The smallest absolute Gasteiger partial charge is 0.243 e. The van der Waals surface area contributed by atoms with Gasteiger partial charge in [-0.3, -0.25) is 4.79 Å². The van der Waals surface area contributed by atoms with Crippen molar-refractivity contribution in [2.75, 3.05) is 6.54 Å². The topological polar surface area (TPSA) is 72.7 Å². The van der Waals surface area contributed by atoms with E-state index in [1.807, 2.05) is 38.1 Å². The summed E-state index contributed by atoms with van der Waals surface area (Å²) in [5, 5.41) is 15.0. The molecule has 2 aromatic rings. The standard InChI is InChI=1S/C15H21N5O/c1-4-12-5-7-13(8-6-12)15-17-19-20(18-15)10-14(21)16-9-11(2)3/h5-8,11H,4,9-10H2,1-3H3,(H,16,21). The average Bonchev–Trinajstić information content (AvgIpc) is 2.93. The van der Waals surface area contributed by atoms with Crippen LogP contribution in [0.5, 0.6) is 0 Å². The van der Waals surface area contributed by atoms with E-state index in [4.69, 9.17) is 0 Å². The number of tetrazole rings is 1. The number of aryl methyl sites for hydroxylation is 1. The highest BCUT2D eigenvalue weighted by Crippen LogP contribution is 2.14.